The van der Waals surface area contributed by atoms with Gasteiger partial charge in [-0.1, -0.05) is 23.7 Å². The summed E-state index contributed by atoms with van der Waals surface area (Å²) in [5, 5.41) is 7.67. The lowest BCUT2D eigenvalue weighted by Crippen LogP contribution is -2.23. The molecule has 0 aliphatic carbocycles. The zero-order valence-electron chi connectivity index (χ0n) is 11.5. The Morgan fingerprint density at radius 3 is 2.70 bits per heavy atom. The van der Waals surface area contributed by atoms with Crippen LogP contribution in [0.5, 0.6) is 0 Å². The van der Waals surface area contributed by atoms with Crippen molar-refractivity contribution in [3.63, 3.8) is 0 Å². The van der Waals surface area contributed by atoms with Crippen LogP contribution >= 0.6 is 27.5 Å². The Balaban J connectivity index is 2.58. The van der Waals surface area contributed by atoms with Crippen molar-refractivity contribution < 1.29 is 4.39 Å². The molecular weight excluding hydrogens is 345 g/mol. The molecule has 1 aromatic carbocycles. The van der Waals surface area contributed by atoms with Crippen molar-refractivity contribution in [2.45, 2.75) is 25.9 Å². The summed E-state index contributed by atoms with van der Waals surface area (Å²) in [6.07, 6.45) is 1.74. The summed E-state index contributed by atoms with van der Waals surface area (Å²) in [5.74, 6) is -0.420. The van der Waals surface area contributed by atoms with Crippen LogP contribution < -0.4 is 5.32 Å². The molecule has 1 N–H and O–H groups in total. The fourth-order valence-electron chi connectivity index (χ4n) is 2.22. The van der Waals surface area contributed by atoms with Crippen LogP contribution in [0.1, 0.15) is 37.2 Å². The largest absolute Gasteiger partial charge is 0.308 e. The lowest BCUT2D eigenvalue weighted by atomic mass is 10.0. The fourth-order valence-corrected chi connectivity index (χ4v) is 2.95. The second-order valence-corrected chi connectivity index (χ2v) is 6.01. The zero-order chi connectivity index (χ0) is 14.9. The number of aromatic nitrogens is 2. The van der Waals surface area contributed by atoms with Gasteiger partial charge in [0, 0.05) is 6.04 Å². The van der Waals surface area contributed by atoms with E-state index in [1.54, 1.807) is 12.3 Å². The molecule has 0 spiro atoms. The third-order valence-electron chi connectivity index (χ3n) is 3.13. The average molecular weight is 361 g/mol. The zero-order valence-corrected chi connectivity index (χ0v) is 13.8. The number of benzene rings is 1. The Labute approximate surface area is 131 Å². The lowest BCUT2D eigenvalue weighted by Gasteiger charge is -2.22. The van der Waals surface area contributed by atoms with Gasteiger partial charge in [0.25, 0.3) is 0 Å². The van der Waals surface area contributed by atoms with Crippen LogP contribution in [0.4, 0.5) is 4.39 Å². The third-order valence-corrected chi connectivity index (χ3v) is 4.14. The quantitative estimate of drug-likeness (QED) is 0.879. The first-order valence-electron chi connectivity index (χ1n) is 6.31. The monoisotopic (exact) mass is 359 g/mol. The van der Waals surface area contributed by atoms with E-state index in [0.29, 0.717) is 5.56 Å². The average Bonchev–Trinajstić information content (AvgIpc) is 2.78. The molecule has 1 heterocycles. The number of hydrogen-bond donors (Lipinski definition) is 1. The molecule has 0 bridgehead atoms. The third kappa shape index (κ3) is 2.75. The highest BCUT2D eigenvalue weighted by molar-refractivity contribution is 9.10. The molecule has 1 unspecified atom stereocenters. The van der Waals surface area contributed by atoms with Crippen molar-refractivity contribution in [3.05, 3.63) is 51.0 Å². The van der Waals surface area contributed by atoms with Crippen LogP contribution in [0.2, 0.25) is 5.02 Å². The van der Waals surface area contributed by atoms with Gasteiger partial charge in [0.2, 0.25) is 0 Å². The molecular formula is C14H16BrClFN3. The maximum atomic E-state index is 13.7. The number of halogens is 3. The van der Waals surface area contributed by atoms with Crippen LogP contribution in [-0.2, 0) is 0 Å². The molecule has 20 heavy (non-hydrogen) atoms. The summed E-state index contributed by atoms with van der Waals surface area (Å²) in [5.41, 5.74) is 1.62. The van der Waals surface area contributed by atoms with Crippen LogP contribution in [-0.4, -0.2) is 16.8 Å². The van der Waals surface area contributed by atoms with Crippen molar-refractivity contribution in [2.24, 2.45) is 0 Å². The summed E-state index contributed by atoms with van der Waals surface area (Å²) in [4.78, 5) is 0. The molecule has 2 aromatic rings. The van der Waals surface area contributed by atoms with Gasteiger partial charge in [-0.3, -0.25) is 4.68 Å². The van der Waals surface area contributed by atoms with E-state index in [-0.39, 0.29) is 17.1 Å². The van der Waals surface area contributed by atoms with Gasteiger partial charge in [0.15, 0.2) is 0 Å². The molecule has 2 rings (SSSR count). The Morgan fingerprint density at radius 1 is 1.40 bits per heavy atom. The molecule has 1 atom stereocenters. The molecule has 0 saturated carbocycles. The van der Waals surface area contributed by atoms with E-state index >= 15 is 0 Å². The van der Waals surface area contributed by atoms with Crippen LogP contribution in [0.15, 0.2) is 28.9 Å². The van der Waals surface area contributed by atoms with Gasteiger partial charge in [-0.2, -0.15) is 5.10 Å². The summed E-state index contributed by atoms with van der Waals surface area (Å²) in [6, 6.07) is 4.78. The van der Waals surface area contributed by atoms with Crippen LogP contribution in [0, 0.1) is 5.82 Å². The standard InChI is InChI=1S/C14H16BrClFN3/c1-8(2)20-14(10(15)7-19-20)13(18-3)9-5-4-6-11(17)12(9)16/h4-8,13,18H,1-3H3. The Kier molecular flexibility index (Phi) is 4.83. The highest BCUT2D eigenvalue weighted by Crippen LogP contribution is 2.34. The summed E-state index contributed by atoms with van der Waals surface area (Å²) < 4.78 is 16.4. The van der Waals surface area contributed by atoms with Gasteiger partial charge in [0.1, 0.15) is 5.82 Å². The minimum Gasteiger partial charge on any atom is -0.308 e. The van der Waals surface area contributed by atoms with E-state index in [1.165, 1.54) is 6.07 Å². The summed E-state index contributed by atoms with van der Waals surface area (Å²) >= 11 is 9.62. The summed E-state index contributed by atoms with van der Waals surface area (Å²) in [6.45, 7) is 4.09. The first kappa shape index (κ1) is 15.5. The Bertz CT molecular complexity index is 612. The van der Waals surface area contributed by atoms with Crippen molar-refractivity contribution in [2.75, 3.05) is 7.05 Å². The van der Waals surface area contributed by atoms with Crippen molar-refractivity contribution in [1.82, 2.24) is 15.1 Å². The van der Waals surface area contributed by atoms with Crippen molar-refractivity contribution >= 4 is 27.5 Å². The van der Waals surface area contributed by atoms with E-state index in [2.05, 4.69) is 26.3 Å². The Hall–Kier alpha value is -0.910. The van der Waals surface area contributed by atoms with Gasteiger partial charge in [0.05, 0.1) is 27.4 Å². The van der Waals surface area contributed by atoms with Gasteiger partial charge in [-0.05, 0) is 48.5 Å². The fraction of sp³-hybridized carbons (Fsp3) is 0.357. The minimum atomic E-state index is -0.420. The van der Waals surface area contributed by atoms with E-state index in [9.17, 15) is 4.39 Å². The predicted octanol–water partition coefficient (Wildman–Crippen LogP) is 4.33. The van der Waals surface area contributed by atoms with E-state index in [4.69, 9.17) is 11.6 Å². The second kappa shape index (κ2) is 6.24. The van der Waals surface area contributed by atoms with Gasteiger partial charge in [-0.25, -0.2) is 4.39 Å². The SMILES string of the molecule is CNC(c1cccc(F)c1Cl)c1c(Br)cnn1C(C)C. The first-order valence-corrected chi connectivity index (χ1v) is 7.48. The number of nitrogens with one attached hydrogen (secondary N) is 1. The van der Waals surface area contributed by atoms with Crippen LogP contribution in [0.25, 0.3) is 0 Å². The summed E-state index contributed by atoms with van der Waals surface area (Å²) in [7, 11) is 1.82. The smallest absolute Gasteiger partial charge is 0.142 e. The molecule has 0 radical (unpaired) electrons. The number of nitrogens with zero attached hydrogens (tertiary/aromatic N) is 2. The molecule has 0 aliphatic heterocycles. The van der Waals surface area contributed by atoms with Gasteiger partial charge < -0.3 is 5.32 Å². The molecule has 6 heteroatoms. The number of hydrogen-bond acceptors (Lipinski definition) is 2. The van der Waals surface area contributed by atoms with Crippen molar-refractivity contribution in [1.29, 1.82) is 0 Å². The normalized spacial score (nSPS) is 12.9. The molecule has 0 fully saturated rings. The molecule has 3 nitrogen and oxygen atoms in total. The molecule has 1 aromatic heterocycles. The highest BCUT2D eigenvalue weighted by atomic mass is 79.9. The van der Waals surface area contributed by atoms with Crippen LogP contribution in [0.3, 0.4) is 0 Å². The van der Waals surface area contributed by atoms with E-state index in [1.807, 2.05) is 31.6 Å². The maximum Gasteiger partial charge on any atom is 0.142 e. The van der Waals surface area contributed by atoms with Crippen molar-refractivity contribution in [3.8, 4) is 0 Å². The maximum absolute atomic E-state index is 13.7. The Morgan fingerprint density at radius 2 is 2.10 bits per heavy atom. The van der Waals surface area contributed by atoms with Gasteiger partial charge >= 0.3 is 0 Å². The molecule has 0 amide bonds. The topological polar surface area (TPSA) is 29.9 Å². The molecule has 0 saturated heterocycles. The second-order valence-electron chi connectivity index (χ2n) is 4.78. The van der Waals surface area contributed by atoms with E-state index < -0.39 is 5.82 Å². The minimum absolute atomic E-state index is 0.134. The molecule has 108 valence electrons. The first-order chi connectivity index (χ1) is 9.47. The molecule has 0 aliphatic rings. The predicted molar refractivity (Wildman–Crippen MR) is 82.6 cm³/mol. The van der Waals surface area contributed by atoms with Gasteiger partial charge in [-0.15, -0.1) is 0 Å². The van der Waals surface area contributed by atoms with E-state index in [0.717, 1.165) is 10.2 Å². The highest BCUT2D eigenvalue weighted by Gasteiger charge is 2.24. The lowest BCUT2D eigenvalue weighted by molar-refractivity contribution is 0.482. The number of rotatable bonds is 4.